The number of rotatable bonds is 3. The Morgan fingerprint density at radius 1 is 0.957 bits per heavy atom. The number of benzene rings is 1. The smallest absolute Gasteiger partial charge is 0.220 e. The van der Waals surface area contributed by atoms with E-state index in [1.54, 1.807) is 24.5 Å². The average Bonchev–Trinajstić information content (AvgIpc) is 2.55. The van der Waals surface area contributed by atoms with Crippen molar-refractivity contribution >= 4 is 40.1 Å². The van der Waals surface area contributed by atoms with Crippen molar-refractivity contribution in [3.8, 4) is 22.8 Å². The number of anilines is 1. The minimum atomic E-state index is 0.186. The highest BCUT2D eigenvalue weighted by Gasteiger charge is 2.20. The number of methoxy groups -OCH3 is 2. The van der Waals surface area contributed by atoms with Crippen molar-refractivity contribution in [1.29, 1.82) is 0 Å². The van der Waals surface area contributed by atoms with Crippen LogP contribution in [0.3, 0.4) is 0 Å². The van der Waals surface area contributed by atoms with Gasteiger partial charge in [0.05, 0.1) is 41.7 Å². The van der Waals surface area contributed by atoms with Crippen molar-refractivity contribution in [3.63, 3.8) is 0 Å². The van der Waals surface area contributed by atoms with Crippen LogP contribution in [0, 0.1) is 0 Å². The minimum Gasteiger partial charge on any atom is -0.495 e. The van der Waals surface area contributed by atoms with Gasteiger partial charge < -0.3 is 15.2 Å². The molecule has 0 bridgehead atoms. The van der Waals surface area contributed by atoms with E-state index in [9.17, 15) is 0 Å². The maximum atomic E-state index is 6.40. The summed E-state index contributed by atoms with van der Waals surface area (Å²) in [6, 6.07) is 3.40. The monoisotopic (exact) mass is 350 g/mol. The van der Waals surface area contributed by atoms with E-state index >= 15 is 0 Å². The zero-order valence-electron chi connectivity index (χ0n) is 12.3. The Labute approximate surface area is 142 Å². The maximum absolute atomic E-state index is 6.40. The second-order valence-electron chi connectivity index (χ2n) is 4.64. The zero-order chi connectivity index (χ0) is 16.6. The number of ether oxygens (including phenoxy) is 2. The normalized spacial score (nSPS) is 10.8. The van der Waals surface area contributed by atoms with Gasteiger partial charge in [-0.15, -0.1) is 0 Å². The summed E-state index contributed by atoms with van der Waals surface area (Å²) in [5.74, 6) is 1.07. The van der Waals surface area contributed by atoms with E-state index in [2.05, 4.69) is 15.0 Å². The van der Waals surface area contributed by atoms with Gasteiger partial charge in [-0.05, 0) is 6.07 Å². The molecule has 0 atom stereocenters. The molecule has 0 radical (unpaired) electrons. The van der Waals surface area contributed by atoms with E-state index < -0.39 is 0 Å². The molecule has 0 saturated heterocycles. The molecule has 0 saturated carbocycles. The molecule has 0 aliphatic rings. The summed E-state index contributed by atoms with van der Waals surface area (Å²) in [6.07, 6.45) is 3.20. The minimum absolute atomic E-state index is 0.186. The number of halogens is 2. The van der Waals surface area contributed by atoms with E-state index in [1.165, 1.54) is 14.2 Å². The first-order valence-corrected chi connectivity index (χ1v) is 7.29. The third kappa shape index (κ3) is 2.71. The lowest BCUT2D eigenvalue weighted by Gasteiger charge is -2.14. The molecule has 3 rings (SSSR count). The molecule has 2 heterocycles. The van der Waals surface area contributed by atoms with Crippen LogP contribution >= 0.6 is 23.2 Å². The first-order chi connectivity index (χ1) is 11.0. The number of hydrogen-bond donors (Lipinski definition) is 1. The average molecular weight is 351 g/mol. The number of pyridine rings is 1. The molecule has 2 aromatic heterocycles. The van der Waals surface area contributed by atoms with Crippen LogP contribution in [0.1, 0.15) is 0 Å². The molecule has 3 aromatic rings. The quantitative estimate of drug-likeness (QED) is 0.776. The van der Waals surface area contributed by atoms with E-state index in [1.807, 2.05) is 0 Å². The summed E-state index contributed by atoms with van der Waals surface area (Å²) in [5, 5.41) is 1.46. The van der Waals surface area contributed by atoms with Gasteiger partial charge in [0.1, 0.15) is 11.5 Å². The van der Waals surface area contributed by atoms with Crippen LogP contribution in [-0.4, -0.2) is 29.2 Å². The predicted octanol–water partition coefficient (Wildman–Crippen LogP) is 3.60. The van der Waals surface area contributed by atoms with Crippen LogP contribution in [0.4, 0.5) is 5.95 Å². The molecule has 6 nitrogen and oxygen atoms in total. The molecule has 8 heteroatoms. The Balaban J connectivity index is 2.27. The molecule has 1 aromatic carbocycles. The van der Waals surface area contributed by atoms with Gasteiger partial charge in [-0.3, -0.25) is 4.98 Å². The topological polar surface area (TPSA) is 83.2 Å². The second kappa shape index (κ2) is 6.06. The largest absolute Gasteiger partial charge is 0.495 e. The number of nitrogen functional groups attached to an aromatic ring is 1. The van der Waals surface area contributed by atoms with Crippen LogP contribution in [-0.2, 0) is 0 Å². The molecule has 0 unspecified atom stereocenters. The Bertz CT molecular complexity index is 874. The van der Waals surface area contributed by atoms with Gasteiger partial charge in [-0.1, -0.05) is 23.2 Å². The van der Waals surface area contributed by atoms with Crippen molar-refractivity contribution in [2.45, 2.75) is 0 Å². The summed E-state index contributed by atoms with van der Waals surface area (Å²) >= 11 is 12.8. The molecule has 2 N–H and O–H groups in total. The molecular formula is C15H12Cl2N4O2. The van der Waals surface area contributed by atoms with Gasteiger partial charge in [-0.2, -0.15) is 0 Å². The molecule has 118 valence electrons. The third-order valence-corrected chi connectivity index (χ3v) is 4.07. The van der Waals surface area contributed by atoms with E-state index in [-0.39, 0.29) is 5.95 Å². The molecule has 0 fully saturated rings. The fourth-order valence-corrected chi connectivity index (χ4v) is 2.89. The van der Waals surface area contributed by atoms with Crippen LogP contribution in [0.5, 0.6) is 11.5 Å². The molecule has 0 aliphatic carbocycles. The van der Waals surface area contributed by atoms with Gasteiger partial charge in [0.15, 0.2) is 0 Å². The second-order valence-corrected chi connectivity index (χ2v) is 5.40. The summed E-state index contributed by atoms with van der Waals surface area (Å²) < 4.78 is 10.5. The maximum Gasteiger partial charge on any atom is 0.220 e. The molecule has 0 aliphatic heterocycles. The summed E-state index contributed by atoms with van der Waals surface area (Å²) in [7, 11) is 3.03. The Hall–Kier alpha value is -2.31. The van der Waals surface area contributed by atoms with Gasteiger partial charge in [0.2, 0.25) is 5.95 Å². The third-order valence-electron chi connectivity index (χ3n) is 3.31. The number of fused-ring (bicyclic) bond motifs is 1. The number of nitrogens with zero attached hydrogens (tertiary/aromatic N) is 3. The molecule has 0 spiro atoms. The van der Waals surface area contributed by atoms with E-state index in [0.717, 1.165) is 5.39 Å². The Morgan fingerprint density at radius 3 is 2.22 bits per heavy atom. The van der Waals surface area contributed by atoms with E-state index in [4.69, 9.17) is 38.4 Å². The van der Waals surface area contributed by atoms with Crippen molar-refractivity contribution in [3.05, 3.63) is 34.6 Å². The SMILES string of the molecule is COc1cc(OC)c(Cl)c(-c2cc3cnc(N)nc3cn2)c1Cl. The highest BCUT2D eigenvalue weighted by molar-refractivity contribution is 6.41. The lowest BCUT2D eigenvalue weighted by Crippen LogP contribution is -1.97. The first kappa shape index (κ1) is 15.6. The van der Waals surface area contributed by atoms with Gasteiger partial charge in [0, 0.05) is 23.2 Å². The number of aromatic nitrogens is 3. The van der Waals surface area contributed by atoms with Crippen LogP contribution in [0.2, 0.25) is 10.0 Å². The fraction of sp³-hybridized carbons (Fsp3) is 0.133. The van der Waals surface area contributed by atoms with Crippen LogP contribution in [0.15, 0.2) is 24.5 Å². The molecule has 23 heavy (non-hydrogen) atoms. The van der Waals surface area contributed by atoms with Gasteiger partial charge in [0.25, 0.3) is 0 Å². The lowest BCUT2D eigenvalue weighted by atomic mass is 10.1. The van der Waals surface area contributed by atoms with Crippen molar-refractivity contribution in [1.82, 2.24) is 15.0 Å². The van der Waals surface area contributed by atoms with Crippen LogP contribution < -0.4 is 15.2 Å². The lowest BCUT2D eigenvalue weighted by molar-refractivity contribution is 0.395. The highest BCUT2D eigenvalue weighted by Crippen LogP contribution is 2.45. The molecular weight excluding hydrogens is 339 g/mol. The summed E-state index contributed by atoms with van der Waals surface area (Å²) in [5.41, 5.74) is 7.27. The standard InChI is InChI=1S/C15H12Cl2N4O2/c1-22-10-4-11(23-2)14(17)12(13(10)16)8-3-7-5-20-15(18)21-9(7)6-19-8/h3-6H,1-2H3,(H2,18,20,21). The van der Waals surface area contributed by atoms with Gasteiger partial charge >= 0.3 is 0 Å². The predicted molar refractivity (Wildman–Crippen MR) is 90.3 cm³/mol. The van der Waals surface area contributed by atoms with Crippen LogP contribution in [0.25, 0.3) is 22.2 Å². The molecule has 0 amide bonds. The fourth-order valence-electron chi connectivity index (χ4n) is 2.20. The van der Waals surface area contributed by atoms with Crippen molar-refractivity contribution < 1.29 is 9.47 Å². The Morgan fingerprint density at radius 2 is 1.61 bits per heavy atom. The van der Waals surface area contributed by atoms with Gasteiger partial charge in [-0.25, -0.2) is 9.97 Å². The Kier molecular flexibility index (Phi) is 4.11. The summed E-state index contributed by atoms with van der Waals surface area (Å²) in [6.45, 7) is 0. The highest BCUT2D eigenvalue weighted by atomic mass is 35.5. The number of hydrogen-bond acceptors (Lipinski definition) is 6. The van der Waals surface area contributed by atoms with Crippen molar-refractivity contribution in [2.24, 2.45) is 0 Å². The van der Waals surface area contributed by atoms with E-state index in [0.29, 0.717) is 38.3 Å². The number of nitrogens with two attached hydrogens (primary N) is 1. The van der Waals surface area contributed by atoms with Crippen molar-refractivity contribution in [2.75, 3.05) is 20.0 Å². The zero-order valence-corrected chi connectivity index (χ0v) is 13.8. The summed E-state index contributed by atoms with van der Waals surface area (Å²) in [4.78, 5) is 12.5. The first-order valence-electron chi connectivity index (χ1n) is 6.53.